The first-order chi connectivity index (χ1) is 16.2. The van der Waals surface area contributed by atoms with Crippen molar-refractivity contribution in [2.24, 2.45) is 0 Å². The van der Waals surface area contributed by atoms with Crippen LogP contribution in [0.2, 0.25) is 0 Å². The summed E-state index contributed by atoms with van der Waals surface area (Å²) in [6.45, 7) is 1.53. The van der Waals surface area contributed by atoms with Crippen LogP contribution in [0.3, 0.4) is 0 Å². The van der Waals surface area contributed by atoms with E-state index in [1.807, 2.05) is 48.5 Å². The second-order valence-corrected chi connectivity index (χ2v) is 7.32. The van der Waals surface area contributed by atoms with Crippen molar-refractivity contribution >= 4 is 11.9 Å². The summed E-state index contributed by atoms with van der Waals surface area (Å²) in [5, 5.41) is 0. The van der Waals surface area contributed by atoms with E-state index in [1.165, 1.54) is 11.6 Å². The highest BCUT2D eigenvalue weighted by atomic mass is 16.5. The van der Waals surface area contributed by atoms with Gasteiger partial charge in [-0.25, -0.2) is 10.2 Å². The molecule has 0 fully saturated rings. The highest BCUT2D eigenvalue weighted by Gasteiger charge is 2.16. The number of hydrogen-bond donors (Lipinski definition) is 2. The summed E-state index contributed by atoms with van der Waals surface area (Å²) in [5.41, 5.74) is 6.05. The summed E-state index contributed by atoms with van der Waals surface area (Å²) in [7, 11) is 1.58. The maximum absolute atomic E-state index is 12.6. The lowest BCUT2D eigenvalue weighted by Gasteiger charge is -2.22. The molecule has 0 atom stereocenters. The number of nitrogens with one attached hydrogen (secondary N) is 2. The number of methoxy groups -OCH3 is 1. The quantitative estimate of drug-likeness (QED) is 0.433. The Morgan fingerprint density at radius 2 is 1.64 bits per heavy atom. The SMILES string of the molecule is COCCN(CCCc1ccccc1)C(=O)NNC(=O)c1ccc(COc2ccccc2)o1. The Hall–Kier alpha value is -3.78. The average Bonchev–Trinajstić information content (AvgIpc) is 3.34. The molecule has 8 heteroatoms. The van der Waals surface area contributed by atoms with Gasteiger partial charge >= 0.3 is 11.9 Å². The van der Waals surface area contributed by atoms with Gasteiger partial charge in [0.05, 0.1) is 6.61 Å². The molecule has 0 aliphatic heterocycles. The second-order valence-electron chi connectivity index (χ2n) is 7.32. The summed E-state index contributed by atoms with van der Waals surface area (Å²) in [6.07, 6.45) is 1.64. The molecule has 0 bridgehead atoms. The van der Waals surface area contributed by atoms with Gasteiger partial charge in [0.1, 0.15) is 18.1 Å². The molecule has 3 aromatic rings. The van der Waals surface area contributed by atoms with Gasteiger partial charge in [0.25, 0.3) is 0 Å². The summed E-state index contributed by atoms with van der Waals surface area (Å²) < 4.78 is 16.2. The number of hydrogen-bond acceptors (Lipinski definition) is 5. The van der Waals surface area contributed by atoms with Gasteiger partial charge in [0, 0.05) is 20.2 Å². The predicted octanol–water partition coefficient (Wildman–Crippen LogP) is 3.79. The third kappa shape index (κ3) is 8.01. The number of rotatable bonds is 11. The maximum atomic E-state index is 12.6. The number of amides is 3. The van der Waals surface area contributed by atoms with E-state index >= 15 is 0 Å². The molecule has 33 heavy (non-hydrogen) atoms. The minimum atomic E-state index is -0.551. The Balaban J connectivity index is 1.45. The zero-order valence-corrected chi connectivity index (χ0v) is 18.7. The topological polar surface area (TPSA) is 93.0 Å². The van der Waals surface area contributed by atoms with E-state index in [-0.39, 0.29) is 12.4 Å². The molecule has 0 radical (unpaired) electrons. The fourth-order valence-electron chi connectivity index (χ4n) is 3.13. The highest BCUT2D eigenvalue weighted by Crippen LogP contribution is 2.14. The van der Waals surface area contributed by atoms with Gasteiger partial charge < -0.3 is 18.8 Å². The zero-order chi connectivity index (χ0) is 23.3. The smallest absolute Gasteiger partial charge is 0.336 e. The van der Waals surface area contributed by atoms with Gasteiger partial charge in [-0.2, -0.15) is 0 Å². The third-order valence-corrected chi connectivity index (χ3v) is 4.88. The molecule has 0 aliphatic carbocycles. The van der Waals surface area contributed by atoms with Crippen molar-refractivity contribution in [3.05, 3.63) is 89.9 Å². The first kappa shape index (κ1) is 23.9. The van der Waals surface area contributed by atoms with Crippen molar-refractivity contribution in [2.75, 3.05) is 26.8 Å². The van der Waals surface area contributed by atoms with Gasteiger partial charge in [0.2, 0.25) is 0 Å². The normalized spacial score (nSPS) is 10.5. The lowest BCUT2D eigenvalue weighted by Crippen LogP contribution is -2.50. The molecule has 1 aromatic heterocycles. The van der Waals surface area contributed by atoms with Crippen molar-refractivity contribution in [3.8, 4) is 5.75 Å². The molecular formula is C25H29N3O5. The van der Waals surface area contributed by atoms with Gasteiger partial charge in [-0.05, 0) is 42.7 Å². The van der Waals surface area contributed by atoms with E-state index in [1.54, 1.807) is 18.1 Å². The maximum Gasteiger partial charge on any atom is 0.336 e. The van der Waals surface area contributed by atoms with E-state index in [0.29, 0.717) is 31.2 Å². The molecule has 0 spiro atoms. The van der Waals surface area contributed by atoms with Crippen molar-refractivity contribution in [2.45, 2.75) is 19.4 Å². The average molecular weight is 452 g/mol. The third-order valence-electron chi connectivity index (χ3n) is 4.88. The molecule has 8 nitrogen and oxygen atoms in total. The summed E-state index contributed by atoms with van der Waals surface area (Å²) in [6, 6.07) is 22.2. The van der Waals surface area contributed by atoms with Crippen LogP contribution in [-0.2, 0) is 17.8 Å². The molecule has 3 rings (SSSR count). The van der Waals surface area contributed by atoms with E-state index in [0.717, 1.165) is 12.8 Å². The molecule has 0 aliphatic rings. The Kier molecular flexibility index (Phi) is 9.35. The number of nitrogens with zero attached hydrogens (tertiary/aromatic N) is 1. The Morgan fingerprint density at radius 3 is 2.36 bits per heavy atom. The van der Waals surface area contributed by atoms with Crippen molar-refractivity contribution in [1.29, 1.82) is 0 Å². The van der Waals surface area contributed by atoms with E-state index in [4.69, 9.17) is 13.9 Å². The fourth-order valence-corrected chi connectivity index (χ4v) is 3.13. The monoisotopic (exact) mass is 451 g/mol. The lowest BCUT2D eigenvalue weighted by molar-refractivity contribution is 0.0894. The van der Waals surface area contributed by atoms with E-state index < -0.39 is 11.9 Å². The van der Waals surface area contributed by atoms with E-state index in [9.17, 15) is 9.59 Å². The van der Waals surface area contributed by atoms with Crippen LogP contribution in [0, 0.1) is 0 Å². The van der Waals surface area contributed by atoms with Crippen molar-refractivity contribution in [1.82, 2.24) is 15.8 Å². The molecule has 0 unspecified atom stereocenters. The molecule has 0 saturated carbocycles. The Labute approximate surface area is 193 Å². The minimum Gasteiger partial charge on any atom is -0.486 e. The number of carbonyl (C=O) groups excluding carboxylic acids is 2. The largest absolute Gasteiger partial charge is 0.486 e. The van der Waals surface area contributed by atoms with Crippen LogP contribution in [0.4, 0.5) is 4.79 Å². The number of carbonyl (C=O) groups is 2. The lowest BCUT2D eigenvalue weighted by atomic mass is 10.1. The Morgan fingerprint density at radius 1 is 0.909 bits per heavy atom. The van der Waals surface area contributed by atoms with Gasteiger partial charge in [-0.15, -0.1) is 0 Å². The van der Waals surface area contributed by atoms with Crippen LogP contribution in [0.15, 0.2) is 77.2 Å². The van der Waals surface area contributed by atoms with Gasteiger partial charge in [-0.3, -0.25) is 10.2 Å². The molecule has 2 N–H and O–H groups in total. The number of aryl methyl sites for hydroxylation is 1. The molecule has 174 valence electrons. The predicted molar refractivity (Wildman–Crippen MR) is 124 cm³/mol. The number of furan rings is 1. The molecule has 0 saturated heterocycles. The van der Waals surface area contributed by atoms with Crippen LogP contribution in [0.1, 0.15) is 28.3 Å². The Bertz CT molecular complexity index is 992. The highest BCUT2D eigenvalue weighted by molar-refractivity contribution is 5.92. The number of para-hydroxylation sites is 1. The number of urea groups is 1. The van der Waals surface area contributed by atoms with Crippen molar-refractivity contribution in [3.63, 3.8) is 0 Å². The van der Waals surface area contributed by atoms with E-state index in [2.05, 4.69) is 23.0 Å². The van der Waals surface area contributed by atoms with Crippen LogP contribution in [0.25, 0.3) is 0 Å². The van der Waals surface area contributed by atoms with Gasteiger partial charge in [-0.1, -0.05) is 48.5 Å². The summed E-state index contributed by atoms with van der Waals surface area (Å²) >= 11 is 0. The molecule has 1 heterocycles. The zero-order valence-electron chi connectivity index (χ0n) is 18.7. The standard InChI is InChI=1S/C25H29N3O5/c1-31-18-17-28(16-8-11-20-9-4-2-5-10-20)25(30)27-26-24(29)23-15-14-22(33-23)19-32-21-12-6-3-7-13-21/h2-7,9-10,12-15H,8,11,16-19H2,1H3,(H,26,29)(H,27,30). The van der Waals surface area contributed by atoms with Gasteiger partial charge in [0.15, 0.2) is 5.76 Å². The molecule has 2 aromatic carbocycles. The second kappa shape index (κ2) is 12.9. The summed E-state index contributed by atoms with van der Waals surface area (Å²) in [5.74, 6) is 0.730. The molecule has 3 amide bonds. The van der Waals surface area contributed by atoms with Crippen LogP contribution >= 0.6 is 0 Å². The number of hydrazine groups is 1. The molecular weight excluding hydrogens is 422 g/mol. The van der Waals surface area contributed by atoms with Crippen LogP contribution in [-0.4, -0.2) is 43.6 Å². The summed E-state index contributed by atoms with van der Waals surface area (Å²) in [4.78, 5) is 26.6. The first-order valence-electron chi connectivity index (χ1n) is 10.8. The number of benzene rings is 2. The van der Waals surface area contributed by atoms with Crippen LogP contribution in [0.5, 0.6) is 5.75 Å². The first-order valence-corrected chi connectivity index (χ1v) is 10.8. The minimum absolute atomic E-state index is 0.0782. The van der Waals surface area contributed by atoms with Crippen molar-refractivity contribution < 1.29 is 23.5 Å². The fraction of sp³-hybridized carbons (Fsp3) is 0.280. The van der Waals surface area contributed by atoms with Crippen LogP contribution < -0.4 is 15.6 Å². The number of ether oxygens (including phenoxy) is 2.